The van der Waals surface area contributed by atoms with Gasteiger partial charge in [0.05, 0.1) is 16.3 Å². The number of carbonyl (C=O) groups excluding carboxylic acids is 1. The van der Waals surface area contributed by atoms with Gasteiger partial charge in [-0.1, -0.05) is 60.1 Å². The van der Waals surface area contributed by atoms with Gasteiger partial charge in [0, 0.05) is 18.3 Å². The van der Waals surface area contributed by atoms with E-state index in [2.05, 4.69) is 10.3 Å². The molecule has 0 radical (unpaired) electrons. The number of carbonyl (C=O) groups is 1. The number of nitrogens with one attached hydrogen (secondary N) is 1. The monoisotopic (exact) mass is 322 g/mol. The second-order valence-electron chi connectivity index (χ2n) is 5.04. The highest BCUT2D eigenvalue weighted by molar-refractivity contribution is 6.33. The molecule has 1 amide bonds. The third kappa shape index (κ3) is 3.58. The van der Waals surface area contributed by atoms with Crippen LogP contribution in [0.25, 0.3) is 11.3 Å². The van der Waals surface area contributed by atoms with Crippen LogP contribution in [-0.4, -0.2) is 10.9 Å². The molecule has 4 heteroatoms. The molecular weight excluding hydrogens is 308 g/mol. The Kier molecular flexibility index (Phi) is 4.69. The molecule has 1 heterocycles. The van der Waals surface area contributed by atoms with Gasteiger partial charge in [0.15, 0.2) is 0 Å². The first-order valence-electron chi connectivity index (χ1n) is 7.28. The van der Waals surface area contributed by atoms with Gasteiger partial charge in [0.1, 0.15) is 0 Å². The van der Waals surface area contributed by atoms with Crippen molar-refractivity contribution in [2.75, 3.05) is 0 Å². The quantitative estimate of drug-likeness (QED) is 0.776. The number of amides is 1. The fourth-order valence-corrected chi connectivity index (χ4v) is 2.57. The maximum absolute atomic E-state index is 12.3. The van der Waals surface area contributed by atoms with Gasteiger partial charge >= 0.3 is 0 Å². The average Bonchev–Trinajstić information content (AvgIpc) is 2.61. The third-order valence-corrected chi connectivity index (χ3v) is 3.83. The Morgan fingerprint density at radius 1 is 0.957 bits per heavy atom. The molecule has 0 aliphatic rings. The summed E-state index contributed by atoms with van der Waals surface area (Å²) in [4.78, 5) is 16.7. The number of aromatic nitrogens is 1. The second kappa shape index (κ2) is 7.07. The van der Waals surface area contributed by atoms with Gasteiger partial charge in [0.25, 0.3) is 5.91 Å². The molecule has 3 rings (SSSR count). The van der Waals surface area contributed by atoms with E-state index in [4.69, 9.17) is 11.6 Å². The lowest BCUT2D eigenvalue weighted by Gasteiger charge is -2.10. The van der Waals surface area contributed by atoms with Crippen molar-refractivity contribution in [2.45, 2.75) is 6.54 Å². The van der Waals surface area contributed by atoms with Crippen LogP contribution in [0.2, 0.25) is 5.02 Å². The van der Waals surface area contributed by atoms with Gasteiger partial charge in [0.2, 0.25) is 0 Å². The first-order valence-corrected chi connectivity index (χ1v) is 7.65. The van der Waals surface area contributed by atoms with Crippen molar-refractivity contribution in [1.82, 2.24) is 10.3 Å². The SMILES string of the molecule is O=C(NCc1cccnc1-c1ccccc1)c1ccccc1Cl. The van der Waals surface area contributed by atoms with Crippen LogP contribution < -0.4 is 5.32 Å². The second-order valence-corrected chi connectivity index (χ2v) is 5.45. The summed E-state index contributed by atoms with van der Waals surface area (Å²) < 4.78 is 0. The molecule has 1 N–H and O–H groups in total. The molecule has 3 nitrogen and oxygen atoms in total. The summed E-state index contributed by atoms with van der Waals surface area (Å²) in [6, 6.07) is 20.7. The summed E-state index contributed by atoms with van der Waals surface area (Å²) >= 11 is 6.05. The van der Waals surface area contributed by atoms with Gasteiger partial charge in [-0.3, -0.25) is 9.78 Å². The van der Waals surface area contributed by atoms with Crippen LogP contribution in [0, 0.1) is 0 Å². The predicted octanol–water partition coefficient (Wildman–Crippen LogP) is 4.33. The highest BCUT2D eigenvalue weighted by Gasteiger charge is 2.11. The Labute approximate surface area is 140 Å². The van der Waals surface area contributed by atoms with E-state index in [9.17, 15) is 4.79 Å². The van der Waals surface area contributed by atoms with E-state index in [1.165, 1.54) is 0 Å². The first-order chi connectivity index (χ1) is 11.3. The fourth-order valence-electron chi connectivity index (χ4n) is 2.35. The Hall–Kier alpha value is -2.65. The van der Waals surface area contributed by atoms with Crippen molar-refractivity contribution in [3.63, 3.8) is 0 Å². The maximum Gasteiger partial charge on any atom is 0.253 e. The molecule has 1 aromatic heterocycles. The largest absolute Gasteiger partial charge is 0.348 e. The number of halogens is 1. The zero-order valence-electron chi connectivity index (χ0n) is 12.4. The minimum atomic E-state index is -0.196. The lowest BCUT2D eigenvalue weighted by Crippen LogP contribution is -2.23. The third-order valence-electron chi connectivity index (χ3n) is 3.50. The Balaban J connectivity index is 1.79. The van der Waals surface area contributed by atoms with Crippen LogP contribution in [0.4, 0.5) is 0 Å². The summed E-state index contributed by atoms with van der Waals surface area (Å²) in [6.45, 7) is 0.391. The Morgan fingerprint density at radius 2 is 1.70 bits per heavy atom. The molecule has 0 spiro atoms. The van der Waals surface area contributed by atoms with E-state index >= 15 is 0 Å². The molecule has 0 atom stereocenters. The summed E-state index contributed by atoms with van der Waals surface area (Å²) in [7, 11) is 0. The van der Waals surface area contributed by atoms with Crippen LogP contribution in [0.5, 0.6) is 0 Å². The van der Waals surface area contributed by atoms with Crippen LogP contribution in [0.15, 0.2) is 72.9 Å². The Morgan fingerprint density at radius 3 is 2.48 bits per heavy atom. The molecule has 23 heavy (non-hydrogen) atoms. The van der Waals surface area contributed by atoms with E-state index in [1.807, 2.05) is 42.5 Å². The van der Waals surface area contributed by atoms with Gasteiger partial charge in [-0.15, -0.1) is 0 Å². The molecule has 0 fully saturated rings. The molecule has 114 valence electrons. The Bertz CT molecular complexity index is 818. The number of rotatable bonds is 4. The van der Waals surface area contributed by atoms with Crippen molar-refractivity contribution in [3.8, 4) is 11.3 Å². The van der Waals surface area contributed by atoms with Crippen molar-refractivity contribution in [2.24, 2.45) is 0 Å². The molecule has 0 aliphatic heterocycles. The lowest BCUT2D eigenvalue weighted by molar-refractivity contribution is 0.0951. The zero-order valence-corrected chi connectivity index (χ0v) is 13.1. The molecule has 0 aliphatic carbocycles. The van der Waals surface area contributed by atoms with Crippen molar-refractivity contribution in [1.29, 1.82) is 0 Å². The molecule has 0 saturated heterocycles. The smallest absolute Gasteiger partial charge is 0.253 e. The lowest BCUT2D eigenvalue weighted by atomic mass is 10.1. The van der Waals surface area contributed by atoms with Crippen molar-refractivity contribution >= 4 is 17.5 Å². The normalized spacial score (nSPS) is 10.3. The van der Waals surface area contributed by atoms with Crippen LogP contribution in [0.1, 0.15) is 15.9 Å². The van der Waals surface area contributed by atoms with Crippen molar-refractivity contribution < 1.29 is 4.79 Å². The zero-order chi connectivity index (χ0) is 16.1. The maximum atomic E-state index is 12.3. The summed E-state index contributed by atoms with van der Waals surface area (Å²) in [5.74, 6) is -0.196. The van der Waals surface area contributed by atoms with Crippen LogP contribution in [0.3, 0.4) is 0 Å². The summed E-state index contributed by atoms with van der Waals surface area (Å²) in [5, 5.41) is 3.35. The number of hydrogen-bond acceptors (Lipinski definition) is 2. The number of hydrogen-bond donors (Lipinski definition) is 1. The fraction of sp³-hybridized carbons (Fsp3) is 0.0526. The van der Waals surface area contributed by atoms with E-state index in [0.717, 1.165) is 16.8 Å². The van der Waals surface area contributed by atoms with Gasteiger partial charge < -0.3 is 5.32 Å². The molecule has 0 unspecified atom stereocenters. The minimum absolute atomic E-state index is 0.196. The molecular formula is C19H15ClN2O. The van der Waals surface area contributed by atoms with Crippen LogP contribution in [-0.2, 0) is 6.54 Å². The van der Waals surface area contributed by atoms with E-state index in [-0.39, 0.29) is 5.91 Å². The van der Waals surface area contributed by atoms with Crippen molar-refractivity contribution in [3.05, 3.63) is 89.1 Å². The first kappa shape index (κ1) is 15.3. The number of nitrogens with zero attached hydrogens (tertiary/aromatic N) is 1. The molecule has 0 saturated carbocycles. The summed E-state index contributed by atoms with van der Waals surface area (Å²) in [6.07, 6.45) is 1.75. The highest BCUT2D eigenvalue weighted by Crippen LogP contribution is 2.21. The van der Waals surface area contributed by atoms with E-state index in [1.54, 1.807) is 30.5 Å². The van der Waals surface area contributed by atoms with Gasteiger partial charge in [-0.25, -0.2) is 0 Å². The topological polar surface area (TPSA) is 42.0 Å². The molecule has 0 bridgehead atoms. The van der Waals surface area contributed by atoms with Crippen LogP contribution >= 0.6 is 11.6 Å². The van der Waals surface area contributed by atoms with E-state index in [0.29, 0.717) is 17.1 Å². The standard InChI is InChI=1S/C19H15ClN2O/c20-17-11-5-4-10-16(17)19(23)22-13-15-9-6-12-21-18(15)14-7-2-1-3-8-14/h1-12H,13H2,(H,22,23). The number of pyridine rings is 1. The minimum Gasteiger partial charge on any atom is -0.348 e. The molecule has 3 aromatic rings. The average molecular weight is 323 g/mol. The number of benzene rings is 2. The summed E-state index contributed by atoms with van der Waals surface area (Å²) in [5.41, 5.74) is 3.32. The van der Waals surface area contributed by atoms with E-state index < -0.39 is 0 Å². The van der Waals surface area contributed by atoms with Gasteiger partial charge in [-0.05, 0) is 23.8 Å². The highest BCUT2D eigenvalue weighted by atomic mass is 35.5. The predicted molar refractivity (Wildman–Crippen MR) is 92.3 cm³/mol. The molecule has 2 aromatic carbocycles. The van der Waals surface area contributed by atoms with Gasteiger partial charge in [-0.2, -0.15) is 0 Å².